The highest BCUT2D eigenvalue weighted by Crippen LogP contribution is 2.45. The highest BCUT2D eigenvalue weighted by molar-refractivity contribution is 5.25. The number of aryl methyl sites for hydroxylation is 1. The minimum absolute atomic E-state index is 0.463. The van der Waals surface area contributed by atoms with Gasteiger partial charge in [0.05, 0.1) is 0 Å². The maximum absolute atomic E-state index is 3.79. The third kappa shape index (κ3) is 4.07. The number of hydrogen-bond acceptors (Lipinski definition) is 1. The van der Waals surface area contributed by atoms with Gasteiger partial charge in [0, 0.05) is 12.6 Å². The molecule has 0 radical (unpaired) electrons. The van der Waals surface area contributed by atoms with Gasteiger partial charge in [0.1, 0.15) is 0 Å². The van der Waals surface area contributed by atoms with Crippen LogP contribution in [0, 0.1) is 17.8 Å². The summed E-state index contributed by atoms with van der Waals surface area (Å²) in [7, 11) is 0. The molecule has 1 aromatic rings. The molecule has 1 aromatic carbocycles. The number of nitrogens with one attached hydrogen (secondary N) is 1. The normalized spacial score (nSPS) is 22.4. The molecule has 1 nitrogen and oxygen atoms in total. The average molecular weight is 259 g/mol. The Morgan fingerprint density at radius 2 is 1.63 bits per heavy atom. The van der Waals surface area contributed by atoms with E-state index < -0.39 is 0 Å². The Balaban J connectivity index is 1.98. The topological polar surface area (TPSA) is 12.0 Å². The number of benzene rings is 1. The standard InChI is InChI=1S/C18H29N/c1-14-8-6-7-9-15(14)12-19-16-10-17(2,3)13-18(4,5)11-16/h6-9,16,19H,10-13H2,1-5H3. The van der Waals surface area contributed by atoms with Crippen LogP contribution in [-0.4, -0.2) is 6.04 Å². The van der Waals surface area contributed by atoms with Crippen molar-refractivity contribution < 1.29 is 0 Å². The quantitative estimate of drug-likeness (QED) is 0.830. The Hall–Kier alpha value is -0.820. The van der Waals surface area contributed by atoms with Crippen LogP contribution in [0.5, 0.6) is 0 Å². The fourth-order valence-electron chi connectivity index (χ4n) is 4.05. The molecule has 19 heavy (non-hydrogen) atoms. The summed E-state index contributed by atoms with van der Waals surface area (Å²) in [6.45, 7) is 12.9. The zero-order valence-corrected chi connectivity index (χ0v) is 13.2. The smallest absolute Gasteiger partial charge is 0.0210 e. The lowest BCUT2D eigenvalue weighted by atomic mass is 9.63. The van der Waals surface area contributed by atoms with Gasteiger partial charge in [-0.3, -0.25) is 0 Å². The van der Waals surface area contributed by atoms with Crippen LogP contribution in [0.15, 0.2) is 24.3 Å². The van der Waals surface area contributed by atoms with Gasteiger partial charge in [0.25, 0.3) is 0 Å². The van der Waals surface area contributed by atoms with E-state index in [0.29, 0.717) is 16.9 Å². The lowest BCUT2D eigenvalue weighted by molar-refractivity contribution is 0.0845. The van der Waals surface area contributed by atoms with Gasteiger partial charge >= 0.3 is 0 Å². The van der Waals surface area contributed by atoms with E-state index >= 15 is 0 Å². The van der Waals surface area contributed by atoms with E-state index in [1.807, 2.05) is 0 Å². The Kier molecular flexibility index (Phi) is 4.06. The van der Waals surface area contributed by atoms with Crippen LogP contribution in [0.2, 0.25) is 0 Å². The molecule has 1 saturated carbocycles. The molecule has 106 valence electrons. The van der Waals surface area contributed by atoms with Crippen molar-refractivity contribution in [2.45, 2.75) is 66.5 Å². The van der Waals surface area contributed by atoms with E-state index in [9.17, 15) is 0 Å². The molecule has 0 aliphatic heterocycles. The molecule has 0 heterocycles. The first kappa shape index (κ1) is 14.6. The average Bonchev–Trinajstić information content (AvgIpc) is 2.23. The van der Waals surface area contributed by atoms with Crippen molar-refractivity contribution in [2.75, 3.05) is 0 Å². The van der Waals surface area contributed by atoms with Gasteiger partial charge < -0.3 is 5.32 Å². The summed E-state index contributed by atoms with van der Waals surface area (Å²) in [4.78, 5) is 0. The SMILES string of the molecule is Cc1ccccc1CNC1CC(C)(C)CC(C)(C)C1. The van der Waals surface area contributed by atoms with Crippen LogP contribution in [0.4, 0.5) is 0 Å². The Morgan fingerprint density at radius 1 is 1.05 bits per heavy atom. The van der Waals surface area contributed by atoms with Crippen molar-refractivity contribution in [1.82, 2.24) is 5.32 Å². The van der Waals surface area contributed by atoms with Crippen molar-refractivity contribution in [1.29, 1.82) is 0 Å². The molecule has 0 amide bonds. The molecule has 0 unspecified atom stereocenters. The number of rotatable bonds is 3. The first-order chi connectivity index (χ1) is 8.77. The zero-order chi connectivity index (χ0) is 14.1. The van der Waals surface area contributed by atoms with E-state index in [4.69, 9.17) is 0 Å². The lowest BCUT2D eigenvalue weighted by Gasteiger charge is -2.45. The van der Waals surface area contributed by atoms with Gasteiger partial charge in [0.2, 0.25) is 0 Å². The summed E-state index contributed by atoms with van der Waals surface area (Å²) < 4.78 is 0. The summed E-state index contributed by atoms with van der Waals surface area (Å²) in [6.07, 6.45) is 3.92. The molecule has 0 aromatic heterocycles. The third-order valence-corrected chi connectivity index (χ3v) is 4.40. The van der Waals surface area contributed by atoms with Crippen LogP contribution < -0.4 is 5.32 Å². The van der Waals surface area contributed by atoms with Gasteiger partial charge in [-0.25, -0.2) is 0 Å². The Morgan fingerprint density at radius 3 is 2.21 bits per heavy atom. The first-order valence-corrected chi connectivity index (χ1v) is 7.55. The molecule has 0 saturated heterocycles. The molecular weight excluding hydrogens is 230 g/mol. The van der Waals surface area contributed by atoms with Crippen molar-refractivity contribution in [3.63, 3.8) is 0 Å². The van der Waals surface area contributed by atoms with E-state index in [2.05, 4.69) is 64.2 Å². The fraction of sp³-hybridized carbons (Fsp3) is 0.667. The van der Waals surface area contributed by atoms with Crippen molar-refractivity contribution in [3.8, 4) is 0 Å². The van der Waals surface area contributed by atoms with Crippen molar-refractivity contribution >= 4 is 0 Å². The van der Waals surface area contributed by atoms with E-state index in [1.165, 1.54) is 30.4 Å². The maximum Gasteiger partial charge on any atom is 0.0210 e. The third-order valence-electron chi connectivity index (χ3n) is 4.40. The molecule has 0 spiro atoms. The molecule has 1 heteroatoms. The summed E-state index contributed by atoms with van der Waals surface area (Å²) in [5.74, 6) is 0. The molecule has 0 atom stereocenters. The Bertz CT molecular complexity index is 415. The zero-order valence-electron chi connectivity index (χ0n) is 13.2. The lowest BCUT2D eigenvalue weighted by Crippen LogP contribution is -2.43. The monoisotopic (exact) mass is 259 g/mol. The van der Waals surface area contributed by atoms with Crippen LogP contribution in [0.1, 0.15) is 58.1 Å². The predicted molar refractivity (Wildman–Crippen MR) is 83.2 cm³/mol. The minimum atomic E-state index is 0.463. The highest BCUT2D eigenvalue weighted by Gasteiger charge is 2.38. The van der Waals surface area contributed by atoms with Gasteiger partial charge in [-0.2, -0.15) is 0 Å². The van der Waals surface area contributed by atoms with Gasteiger partial charge in [-0.05, 0) is 48.1 Å². The predicted octanol–water partition coefficient (Wildman–Crippen LogP) is 4.69. The van der Waals surface area contributed by atoms with Gasteiger partial charge in [-0.1, -0.05) is 52.0 Å². The molecule has 2 rings (SSSR count). The van der Waals surface area contributed by atoms with Crippen LogP contribution >= 0.6 is 0 Å². The first-order valence-electron chi connectivity index (χ1n) is 7.55. The molecule has 1 aliphatic rings. The second kappa shape index (κ2) is 5.28. The highest BCUT2D eigenvalue weighted by atomic mass is 14.9. The van der Waals surface area contributed by atoms with E-state index in [0.717, 1.165) is 6.54 Å². The second-order valence-electron chi connectivity index (χ2n) is 7.92. The summed E-state index contributed by atoms with van der Waals surface area (Å²) in [5, 5.41) is 3.79. The second-order valence-corrected chi connectivity index (χ2v) is 7.92. The summed E-state index contributed by atoms with van der Waals surface area (Å²) in [5.41, 5.74) is 3.75. The van der Waals surface area contributed by atoms with Gasteiger partial charge in [0.15, 0.2) is 0 Å². The molecule has 1 N–H and O–H groups in total. The molecule has 1 aliphatic carbocycles. The summed E-state index contributed by atoms with van der Waals surface area (Å²) in [6, 6.07) is 9.34. The minimum Gasteiger partial charge on any atom is -0.310 e. The van der Waals surface area contributed by atoms with Crippen LogP contribution in [0.3, 0.4) is 0 Å². The van der Waals surface area contributed by atoms with Crippen molar-refractivity contribution in [3.05, 3.63) is 35.4 Å². The summed E-state index contributed by atoms with van der Waals surface area (Å²) >= 11 is 0. The van der Waals surface area contributed by atoms with E-state index in [1.54, 1.807) is 0 Å². The maximum atomic E-state index is 3.79. The van der Waals surface area contributed by atoms with Crippen molar-refractivity contribution in [2.24, 2.45) is 10.8 Å². The van der Waals surface area contributed by atoms with Gasteiger partial charge in [-0.15, -0.1) is 0 Å². The van der Waals surface area contributed by atoms with Crippen LogP contribution in [-0.2, 0) is 6.54 Å². The van der Waals surface area contributed by atoms with E-state index in [-0.39, 0.29) is 0 Å². The molecule has 1 fully saturated rings. The number of hydrogen-bond donors (Lipinski definition) is 1. The fourth-order valence-corrected chi connectivity index (χ4v) is 4.05. The largest absolute Gasteiger partial charge is 0.310 e. The van der Waals surface area contributed by atoms with Crippen LogP contribution in [0.25, 0.3) is 0 Å². The molecular formula is C18H29N. The molecule has 0 bridgehead atoms. The Labute approximate surface area is 118 Å².